The minimum Gasteiger partial charge on any atom is -0.481 e. The molecule has 4 nitrogen and oxygen atoms in total. The lowest BCUT2D eigenvalue weighted by Gasteiger charge is -2.30. The first-order valence-electron chi connectivity index (χ1n) is 7.00. The zero-order valence-corrected chi connectivity index (χ0v) is 12.1. The molecule has 106 valence electrons. The Kier molecular flexibility index (Phi) is 8.42. The van der Waals surface area contributed by atoms with Crippen molar-refractivity contribution in [2.45, 2.75) is 65.8 Å². The van der Waals surface area contributed by atoms with Gasteiger partial charge in [-0.2, -0.15) is 0 Å². The molecule has 0 aliphatic rings. The van der Waals surface area contributed by atoms with Gasteiger partial charge in [0.05, 0.1) is 6.42 Å². The second-order valence-electron chi connectivity index (χ2n) is 4.82. The Hall–Kier alpha value is -1.06. The van der Waals surface area contributed by atoms with E-state index in [1.807, 2.05) is 20.8 Å². The fourth-order valence-corrected chi connectivity index (χ4v) is 2.23. The molecular formula is C14H27NO3. The normalized spacial score (nSPS) is 14.0. The maximum absolute atomic E-state index is 12.4. The van der Waals surface area contributed by atoms with Crippen LogP contribution >= 0.6 is 0 Å². The maximum Gasteiger partial charge on any atom is 0.305 e. The molecule has 2 unspecified atom stereocenters. The third-order valence-corrected chi connectivity index (χ3v) is 3.37. The molecule has 0 aliphatic carbocycles. The number of nitrogens with zero attached hydrogens (tertiary/aromatic N) is 1. The number of rotatable bonds is 9. The highest BCUT2D eigenvalue weighted by Gasteiger charge is 2.26. The third-order valence-electron chi connectivity index (χ3n) is 3.37. The number of carboxylic acids is 1. The topological polar surface area (TPSA) is 57.6 Å². The first-order chi connectivity index (χ1) is 8.47. The molecule has 1 N–H and O–H groups in total. The molecule has 0 aromatic heterocycles. The van der Waals surface area contributed by atoms with Crippen molar-refractivity contribution >= 4 is 11.9 Å². The maximum atomic E-state index is 12.4. The van der Waals surface area contributed by atoms with Gasteiger partial charge in [-0.05, 0) is 26.7 Å². The van der Waals surface area contributed by atoms with Crippen molar-refractivity contribution in [3.05, 3.63) is 0 Å². The number of hydrogen-bond donors (Lipinski definition) is 1. The predicted molar refractivity (Wildman–Crippen MR) is 72.4 cm³/mol. The molecule has 0 aromatic rings. The molecule has 18 heavy (non-hydrogen) atoms. The molecule has 0 radical (unpaired) electrons. The van der Waals surface area contributed by atoms with E-state index >= 15 is 0 Å². The number of aliphatic carboxylic acids is 1. The zero-order valence-electron chi connectivity index (χ0n) is 12.1. The van der Waals surface area contributed by atoms with Gasteiger partial charge in [-0.25, -0.2) is 0 Å². The van der Waals surface area contributed by atoms with Crippen LogP contribution in [0.1, 0.15) is 59.8 Å². The van der Waals surface area contributed by atoms with Gasteiger partial charge < -0.3 is 10.0 Å². The van der Waals surface area contributed by atoms with Gasteiger partial charge in [0, 0.05) is 18.5 Å². The number of unbranched alkanes of at least 4 members (excludes halogenated alkanes) is 1. The van der Waals surface area contributed by atoms with Gasteiger partial charge in [-0.15, -0.1) is 0 Å². The summed E-state index contributed by atoms with van der Waals surface area (Å²) in [7, 11) is 0. The number of amides is 1. The first-order valence-corrected chi connectivity index (χ1v) is 7.00. The molecule has 0 saturated carbocycles. The van der Waals surface area contributed by atoms with Gasteiger partial charge in [0.15, 0.2) is 0 Å². The Morgan fingerprint density at radius 2 is 1.83 bits per heavy atom. The predicted octanol–water partition coefficient (Wildman–Crippen LogP) is 2.91. The summed E-state index contributed by atoms with van der Waals surface area (Å²) in [4.78, 5) is 24.8. The van der Waals surface area contributed by atoms with E-state index in [0.717, 1.165) is 25.7 Å². The smallest absolute Gasteiger partial charge is 0.305 e. The monoisotopic (exact) mass is 257 g/mol. The molecular weight excluding hydrogens is 230 g/mol. The van der Waals surface area contributed by atoms with E-state index < -0.39 is 5.97 Å². The van der Waals surface area contributed by atoms with E-state index in [0.29, 0.717) is 6.54 Å². The quantitative estimate of drug-likeness (QED) is 0.691. The number of carbonyl (C=O) groups is 2. The van der Waals surface area contributed by atoms with Crippen LogP contribution in [0.5, 0.6) is 0 Å². The van der Waals surface area contributed by atoms with Gasteiger partial charge >= 0.3 is 5.97 Å². The van der Waals surface area contributed by atoms with E-state index in [4.69, 9.17) is 5.11 Å². The summed E-state index contributed by atoms with van der Waals surface area (Å²) in [6.45, 7) is 8.43. The van der Waals surface area contributed by atoms with Gasteiger partial charge in [-0.3, -0.25) is 9.59 Å². The van der Waals surface area contributed by atoms with Gasteiger partial charge in [0.25, 0.3) is 0 Å². The molecule has 0 heterocycles. The molecule has 0 spiro atoms. The molecule has 2 atom stereocenters. The van der Waals surface area contributed by atoms with Crippen LogP contribution in [0.3, 0.4) is 0 Å². The summed E-state index contributed by atoms with van der Waals surface area (Å²) in [5.74, 6) is -0.696. The summed E-state index contributed by atoms with van der Waals surface area (Å²) < 4.78 is 0. The average Bonchev–Trinajstić information content (AvgIpc) is 2.30. The standard InChI is InChI=1S/C14H27NO3/c1-5-8-9-12(6-2)14(18)15(7-3)11(4)10-13(16)17/h11-12H,5-10H2,1-4H3,(H,16,17). The van der Waals surface area contributed by atoms with Crippen LogP contribution in [-0.2, 0) is 9.59 Å². The van der Waals surface area contributed by atoms with Crippen molar-refractivity contribution in [3.63, 3.8) is 0 Å². The molecule has 0 aromatic carbocycles. The Bertz CT molecular complexity index is 266. The second-order valence-corrected chi connectivity index (χ2v) is 4.82. The van der Waals surface area contributed by atoms with Crippen LogP contribution in [0.25, 0.3) is 0 Å². The summed E-state index contributed by atoms with van der Waals surface area (Å²) in [5, 5.41) is 8.81. The highest BCUT2D eigenvalue weighted by atomic mass is 16.4. The van der Waals surface area contributed by atoms with Crippen molar-refractivity contribution in [2.24, 2.45) is 5.92 Å². The fourth-order valence-electron chi connectivity index (χ4n) is 2.23. The molecule has 0 bridgehead atoms. The van der Waals surface area contributed by atoms with E-state index in [2.05, 4.69) is 6.92 Å². The van der Waals surface area contributed by atoms with Gasteiger partial charge in [0.2, 0.25) is 5.91 Å². The largest absolute Gasteiger partial charge is 0.481 e. The van der Waals surface area contributed by atoms with Crippen molar-refractivity contribution in [1.82, 2.24) is 4.90 Å². The SMILES string of the molecule is CCCCC(CC)C(=O)N(CC)C(C)CC(=O)O. The van der Waals surface area contributed by atoms with Gasteiger partial charge in [-0.1, -0.05) is 26.7 Å². The Labute approximate surface area is 110 Å². The highest BCUT2D eigenvalue weighted by Crippen LogP contribution is 2.18. The molecule has 0 fully saturated rings. The lowest BCUT2D eigenvalue weighted by Crippen LogP contribution is -2.43. The minimum atomic E-state index is -0.852. The Balaban J connectivity index is 4.60. The van der Waals surface area contributed by atoms with Crippen LogP contribution in [0.4, 0.5) is 0 Å². The first kappa shape index (κ1) is 16.9. The Morgan fingerprint density at radius 3 is 2.22 bits per heavy atom. The number of carboxylic acid groups (broad SMARTS) is 1. The Morgan fingerprint density at radius 1 is 1.22 bits per heavy atom. The van der Waals surface area contributed by atoms with Crippen LogP contribution in [0.15, 0.2) is 0 Å². The van der Waals surface area contributed by atoms with Crippen LogP contribution < -0.4 is 0 Å². The van der Waals surface area contributed by atoms with Crippen LogP contribution in [-0.4, -0.2) is 34.5 Å². The minimum absolute atomic E-state index is 0.0177. The molecule has 4 heteroatoms. The van der Waals surface area contributed by atoms with Crippen LogP contribution in [0.2, 0.25) is 0 Å². The van der Waals surface area contributed by atoms with E-state index in [9.17, 15) is 9.59 Å². The lowest BCUT2D eigenvalue weighted by atomic mass is 9.97. The van der Waals surface area contributed by atoms with Gasteiger partial charge in [0.1, 0.15) is 0 Å². The van der Waals surface area contributed by atoms with E-state index in [-0.39, 0.29) is 24.3 Å². The summed E-state index contributed by atoms with van der Waals surface area (Å²) in [6.07, 6.45) is 3.89. The summed E-state index contributed by atoms with van der Waals surface area (Å²) in [6, 6.07) is -0.226. The highest BCUT2D eigenvalue weighted by molar-refractivity contribution is 5.79. The zero-order chi connectivity index (χ0) is 14.1. The lowest BCUT2D eigenvalue weighted by molar-refractivity contribution is -0.142. The van der Waals surface area contributed by atoms with Crippen molar-refractivity contribution in [1.29, 1.82) is 0 Å². The summed E-state index contributed by atoms with van der Waals surface area (Å²) in [5.41, 5.74) is 0. The third kappa shape index (κ3) is 5.52. The van der Waals surface area contributed by atoms with E-state index in [1.54, 1.807) is 4.90 Å². The molecule has 1 amide bonds. The van der Waals surface area contributed by atoms with Crippen molar-refractivity contribution < 1.29 is 14.7 Å². The van der Waals surface area contributed by atoms with Crippen molar-refractivity contribution in [3.8, 4) is 0 Å². The molecule has 0 aliphatic heterocycles. The molecule has 0 rings (SSSR count). The number of hydrogen-bond acceptors (Lipinski definition) is 2. The summed E-state index contributed by atoms with van der Waals surface area (Å²) >= 11 is 0. The van der Waals surface area contributed by atoms with Crippen LogP contribution in [0, 0.1) is 5.92 Å². The van der Waals surface area contributed by atoms with Crippen molar-refractivity contribution in [2.75, 3.05) is 6.54 Å². The fraction of sp³-hybridized carbons (Fsp3) is 0.857. The molecule has 0 saturated heterocycles. The van der Waals surface area contributed by atoms with E-state index in [1.165, 1.54) is 0 Å². The average molecular weight is 257 g/mol. The number of carbonyl (C=O) groups excluding carboxylic acids is 1. The second kappa shape index (κ2) is 8.95.